The average molecular weight is 271 g/mol. The topological polar surface area (TPSA) is 29.9 Å². The molecule has 1 heterocycles. The van der Waals surface area contributed by atoms with Gasteiger partial charge in [-0.25, -0.2) is 0 Å². The largest absolute Gasteiger partial charge is 0.310 e. The highest BCUT2D eigenvalue weighted by molar-refractivity contribution is 5.32. The van der Waals surface area contributed by atoms with E-state index in [0.29, 0.717) is 6.04 Å². The third-order valence-electron chi connectivity index (χ3n) is 3.77. The molecular weight excluding hydrogens is 246 g/mol. The molecule has 0 amide bonds. The van der Waals surface area contributed by atoms with Crippen molar-refractivity contribution in [2.24, 2.45) is 7.05 Å². The van der Waals surface area contributed by atoms with Crippen molar-refractivity contribution in [3.05, 3.63) is 52.8 Å². The molecule has 20 heavy (non-hydrogen) atoms. The molecule has 1 unspecified atom stereocenters. The van der Waals surface area contributed by atoms with Gasteiger partial charge in [0.25, 0.3) is 0 Å². The van der Waals surface area contributed by atoms with Crippen molar-refractivity contribution in [2.45, 2.75) is 39.7 Å². The van der Waals surface area contributed by atoms with Gasteiger partial charge in [-0.15, -0.1) is 0 Å². The van der Waals surface area contributed by atoms with E-state index in [9.17, 15) is 0 Å². The normalized spacial score (nSPS) is 12.6. The highest BCUT2D eigenvalue weighted by atomic mass is 15.2. The minimum atomic E-state index is 0.360. The molecule has 1 atom stereocenters. The Labute approximate surface area is 122 Å². The second-order valence-corrected chi connectivity index (χ2v) is 5.58. The van der Waals surface area contributed by atoms with E-state index < -0.39 is 0 Å². The van der Waals surface area contributed by atoms with Gasteiger partial charge in [-0.05, 0) is 55.5 Å². The summed E-state index contributed by atoms with van der Waals surface area (Å²) in [6, 6.07) is 7.12. The van der Waals surface area contributed by atoms with E-state index in [2.05, 4.69) is 55.6 Å². The summed E-state index contributed by atoms with van der Waals surface area (Å²) in [5.74, 6) is 0. The third kappa shape index (κ3) is 3.70. The molecule has 3 nitrogen and oxygen atoms in total. The molecule has 0 saturated carbocycles. The first-order chi connectivity index (χ1) is 9.60. The molecule has 0 aliphatic carbocycles. The Morgan fingerprint density at radius 2 is 2.05 bits per heavy atom. The molecule has 0 aliphatic rings. The molecule has 0 spiro atoms. The van der Waals surface area contributed by atoms with Crippen molar-refractivity contribution in [3.8, 4) is 0 Å². The van der Waals surface area contributed by atoms with Crippen LogP contribution in [-0.4, -0.2) is 16.3 Å². The van der Waals surface area contributed by atoms with Crippen LogP contribution in [0.4, 0.5) is 0 Å². The number of hydrogen-bond donors (Lipinski definition) is 1. The molecule has 0 aliphatic heterocycles. The summed E-state index contributed by atoms with van der Waals surface area (Å²) < 4.78 is 1.87. The van der Waals surface area contributed by atoms with E-state index >= 15 is 0 Å². The number of rotatable bonds is 6. The van der Waals surface area contributed by atoms with Crippen LogP contribution in [-0.2, 0) is 13.5 Å². The van der Waals surface area contributed by atoms with Crippen LogP contribution >= 0.6 is 0 Å². The molecule has 3 heteroatoms. The third-order valence-corrected chi connectivity index (χ3v) is 3.77. The van der Waals surface area contributed by atoms with Crippen molar-refractivity contribution in [1.29, 1.82) is 0 Å². The number of nitrogens with one attached hydrogen (secondary N) is 1. The summed E-state index contributed by atoms with van der Waals surface area (Å²) in [4.78, 5) is 0. The Bertz CT molecular complexity index is 557. The van der Waals surface area contributed by atoms with E-state index in [1.54, 1.807) is 0 Å². The highest BCUT2D eigenvalue weighted by Gasteiger charge is 2.13. The number of aryl methyl sites for hydroxylation is 3. The number of benzene rings is 1. The maximum absolute atomic E-state index is 4.26. The monoisotopic (exact) mass is 271 g/mol. The first kappa shape index (κ1) is 14.8. The van der Waals surface area contributed by atoms with Gasteiger partial charge in [0.05, 0.1) is 6.20 Å². The molecule has 1 aromatic heterocycles. The standard InChI is InChI=1S/C17H25N3/c1-5-8-18-17(10-15-11-19-20(4)12-15)16-7-6-13(2)14(3)9-16/h6-7,9,11-12,17-18H,5,8,10H2,1-4H3. The van der Waals surface area contributed by atoms with Gasteiger partial charge in [0.1, 0.15) is 0 Å². The van der Waals surface area contributed by atoms with Crippen molar-refractivity contribution in [3.63, 3.8) is 0 Å². The summed E-state index contributed by atoms with van der Waals surface area (Å²) in [6.45, 7) is 7.58. The molecule has 2 rings (SSSR count). The fraction of sp³-hybridized carbons (Fsp3) is 0.471. The Balaban J connectivity index is 2.19. The first-order valence-electron chi connectivity index (χ1n) is 7.38. The Kier molecular flexibility index (Phi) is 4.96. The predicted octanol–water partition coefficient (Wildman–Crippen LogP) is 3.32. The molecule has 0 fully saturated rings. The lowest BCUT2D eigenvalue weighted by Crippen LogP contribution is -2.24. The molecule has 1 N–H and O–H groups in total. The van der Waals surface area contributed by atoms with E-state index in [0.717, 1.165) is 19.4 Å². The number of nitrogens with zero attached hydrogens (tertiary/aromatic N) is 2. The van der Waals surface area contributed by atoms with E-state index in [4.69, 9.17) is 0 Å². The Morgan fingerprint density at radius 3 is 2.65 bits per heavy atom. The summed E-state index contributed by atoms with van der Waals surface area (Å²) in [5, 5.41) is 7.92. The molecule has 0 saturated heterocycles. The van der Waals surface area contributed by atoms with Crippen LogP contribution in [0.5, 0.6) is 0 Å². The smallest absolute Gasteiger partial charge is 0.0522 e. The molecule has 2 aromatic rings. The van der Waals surface area contributed by atoms with Crippen LogP contribution in [0.3, 0.4) is 0 Å². The zero-order chi connectivity index (χ0) is 14.5. The van der Waals surface area contributed by atoms with Crippen LogP contribution in [0.15, 0.2) is 30.6 Å². The van der Waals surface area contributed by atoms with Gasteiger partial charge in [-0.1, -0.05) is 25.1 Å². The molecule has 108 valence electrons. The van der Waals surface area contributed by atoms with Gasteiger partial charge in [0, 0.05) is 19.3 Å². The van der Waals surface area contributed by atoms with Gasteiger partial charge in [0.2, 0.25) is 0 Å². The number of hydrogen-bond acceptors (Lipinski definition) is 2. The minimum absolute atomic E-state index is 0.360. The fourth-order valence-corrected chi connectivity index (χ4v) is 2.42. The zero-order valence-corrected chi connectivity index (χ0v) is 13.0. The van der Waals surface area contributed by atoms with Crippen LogP contribution in [0, 0.1) is 13.8 Å². The predicted molar refractivity (Wildman–Crippen MR) is 83.9 cm³/mol. The summed E-state index contributed by atoms with van der Waals surface area (Å²) in [5.41, 5.74) is 5.35. The number of aromatic nitrogens is 2. The molecule has 1 aromatic carbocycles. The Hall–Kier alpha value is -1.61. The van der Waals surface area contributed by atoms with Crippen LogP contribution in [0.2, 0.25) is 0 Å². The summed E-state index contributed by atoms with van der Waals surface area (Å²) >= 11 is 0. The van der Waals surface area contributed by atoms with Gasteiger partial charge in [0.15, 0.2) is 0 Å². The van der Waals surface area contributed by atoms with Crippen LogP contribution in [0.1, 0.15) is 41.6 Å². The van der Waals surface area contributed by atoms with E-state index in [1.165, 1.54) is 22.3 Å². The van der Waals surface area contributed by atoms with E-state index in [-0.39, 0.29) is 0 Å². The summed E-state index contributed by atoms with van der Waals surface area (Å²) in [6.07, 6.45) is 6.19. The van der Waals surface area contributed by atoms with Crippen molar-refractivity contribution in [1.82, 2.24) is 15.1 Å². The van der Waals surface area contributed by atoms with Crippen LogP contribution < -0.4 is 5.32 Å². The van der Waals surface area contributed by atoms with Gasteiger partial charge in [-0.2, -0.15) is 5.10 Å². The Morgan fingerprint density at radius 1 is 1.25 bits per heavy atom. The quantitative estimate of drug-likeness (QED) is 0.873. The fourth-order valence-electron chi connectivity index (χ4n) is 2.42. The highest BCUT2D eigenvalue weighted by Crippen LogP contribution is 2.21. The molecule has 0 radical (unpaired) electrons. The van der Waals surface area contributed by atoms with Crippen molar-refractivity contribution < 1.29 is 0 Å². The lowest BCUT2D eigenvalue weighted by atomic mass is 9.97. The second-order valence-electron chi connectivity index (χ2n) is 5.58. The van der Waals surface area contributed by atoms with Gasteiger partial charge < -0.3 is 5.32 Å². The maximum atomic E-state index is 4.26. The van der Waals surface area contributed by atoms with E-state index in [1.807, 2.05) is 17.9 Å². The first-order valence-corrected chi connectivity index (χ1v) is 7.38. The second kappa shape index (κ2) is 6.71. The lowest BCUT2D eigenvalue weighted by molar-refractivity contribution is 0.529. The minimum Gasteiger partial charge on any atom is -0.310 e. The van der Waals surface area contributed by atoms with Gasteiger partial charge in [-0.3, -0.25) is 4.68 Å². The summed E-state index contributed by atoms with van der Waals surface area (Å²) in [7, 11) is 1.97. The zero-order valence-electron chi connectivity index (χ0n) is 13.0. The van der Waals surface area contributed by atoms with Gasteiger partial charge >= 0.3 is 0 Å². The lowest BCUT2D eigenvalue weighted by Gasteiger charge is -2.19. The molecular formula is C17H25N3. The van der Waals surface area contributed by atoms with Crippen LogP contribution in [0.25, 0.3) is 0 Å². The van der Waals surface area contributed by atoms with Crippen molar-refractivity contribution in [2.75, 3.05) is 6.54 Å². The van der Waals surface area contributed by atoms with Crippen molar-refractivity contribution >= 4 is 0 Å². The molecule has 0 bridgehead atoms. The average Bonchev–Trinajstić information content (AvgIpc) is 2.83. The maximum Gasteiger partial charge on any atom is 0.0522 e. The SMILES string of the molecule is CCCNC(Cc1cnn(C)c1)c1ccc(C)c(C)c1.